The summed E-state index contributed by atoms with van der Waals surface area (Å²) in [7, 11) is 0. The minimum Gasteiger partial charge on any atom is -0.460 e. The molecule has 0 radical (unpaired) electrons. The highest BCUT2D eigenvalue weighted by atomic mass is 19.3. The Bertz CT molecular complexity index is 1530. The van der Waals surface area contributed by atoms with Crippen molar-refractivity contribution in [1.82, 2.24) is 4.90 Å². The van der Waals surface area contributed by atoms with Gasteiger partial charge in [-0.2, -0.15) is 0 Å². The zero-order chi connectivity index (χ0) is 27.0. The van der Waals surface area contributed by atoms with Gasteiger partial charge < -0.3 is 15.1 Å². The minimum atomic E-state index is -2.72. The first kappa shape index (κ1) is 25.3. The molecule has 1 aliphatic heterocycles. The molecule has 0 bridgehead atoms. The fourth-order valence-electron chi connectivity index (χ4n) is 4.63. The number of halogens is 3. The topological polar surface area (TPSA) is 76.5 Å². The number of piperidine rings is 1. The summed E-state index contributed by atoms with van der Waals surface area (Å²) in [6.45, 7) is 3.74. The van der Waals surface area contributed by atoms with Crippen LogP contribution in [0.25, 0.3) is 33.2 Å². The Morgan fingerprint density at radius 1 is 0.921 bits per heavy atom. The molecule has 1 saturated heterocycles. The van der Waals surface area contributed by atoms with Gasteiger partial charge in [0.15, 0.2) is 0 Å². The summed E-state index contributed by atoms with van der Waals surface area (Å²) in [5.41, 5.74) is 9.65. The third kappa shape index (κ3) is 5.20. The molecular formula is C30H25F3N2O3. The van der Waals surface area contributed by atoms with Gasteiger partial charge in [0.05, 0.1) is 0 Å². The average molecular weight is 519 g/mol. The second-order valence-corrected chi connectivity index (χ2v) is 9.53. The standard InChI is InChI=1S/C30H25F3N2O3/c1-18(28(34)36)14-25-16-23-15-22(17-26(27(23)38-25)20-6-8-24(31)9-7-20)19-2-4-21(5-3-19)29(37)35-12-10-30(32,33)11-13-35/h2-9,15-17H,1,10-14H2,(H2,34,36). The molecule has 4 aromatic rings. The van der Waals surface area contributed by atoms with Crippen LogP contribution in [0.15, 0.2) is 83.3 Å². The molecule has 1 aliphatic rings. The molecule has 0 saturated carbocycles. The van der Waals surface area contributed by atoms with Crippen LogP contribution in [0.2, 0.25) is 0 Å². The first-order valence-corrected chi connectivity index (χ1v) is 12.2. The third-order valence-corrected chi connectivity index (χ3v) is 6.81. The molecule has 1 aromatic heterocycles. The molecule has 3 aromatic carbocycles. The fraction of sp³-hybridized carbons (Fsp3) is 0.200. The number of carbonyl (C=O) groups is 2. The van der Waals surface area contributed by atoms with Crippen LogP contribution in [-0.4, -0.2) is 35.7 Å². The molecule has 194 valence electrons. The van der Waals surface area contributed by atoms with Crippen LogP contribution < -0.4 is 5.73 Å². The van der Waals surface area contributed by atoms with Gasteiger partial charge in [0, 0.05) is 54.4 Å². The monoisotopic (exact) mass is 518 g/mol. The smallest absolute Gasteiger partial charge is 0.253 e. The van der Waals surface area contributed by atoms with Gasteiger partial charge in [-0.3, -0.25) is 9.59 Å². The van der Waals surface area contributed by atoms with E-state index in [9.17, 15) is 22.8 Å². The molecular weight excluding hydrogens is 493 g/mol. The highest BCUT2D eigenvalue weighted by Gasteiger charge is 2.35. The molecule has 0 unspecified atom stereocenters. The van der Waals surface area contributed by atoms with E-state index in [1.807, 2.05) is 18.2 Å². The maximum Gasteiger partial charge on any atom is 0.253 e. The first-order valence-electron chi connectivity index (χ1n) is 12.2. The number of nitrogens with two attached hydrogens (primary N) is 1. The number of nitrogens with zero attached hydrogens (tertiary/aromatic N) is 1. The van der Waals surface area contributed by atoms with Crippen molar-refractivity contribution in [2.24, 2.45) is 5.73 Å². The van der Waals surface area contributed by atoms with E-state index in [1.165, 1.54) is 17.0 Å². The second kappa shape index (κ2) is 9.85. The number of carbonyl (C=O) groups excluding carboxylic acids is 2. The minimum absolute atomic E-state index is 0.0241. The van der Waals surface area contributed by atoms with Crippen LogP contribution in [0.1, 0.15) is 29.0 Å². The van der Waals surface area contributed by atoms with Gasteiger partial charge in [0.25, 0.3) is 11.8 Å². The Morgan fingerprint density at radius 3 is 2.18 bits per heavy atom. The summed E-state index contributed by atoms with van der Waals surface area (Å²) >= 11 is 0. The van der Waals surface area contributed by atoms with E-state index < -0.39 is 11.8 Å². The van der Waals surface area contributed by atoms with E-state index in [1.54, 1.807) is 36.4 Å². The number of fused-ring (bicyclic) bond motifs is 1. The summed E-state index contributed by atoms with van der Waals surface area (Å²) < 4.78 is 46.6. The Kier molecular flexibility index (Phi) is 6.57. The number of hydrogen-bond donors (Lipinski definition) is 1. The van der Waals surface area contributed by atoms with E-state index in [4.69, 9.17) is 10.2 Å². The van der Waals surface area contributed by atoms with Crippen molar-refractivity contribution < 1.29 is 27.2 Å². The number of amides is 2. The van der Waals surface area contributed by atoms with Crippen molar-refractivity contribution in [3.8, 4) is 22.3 Å². The molecule has 2 heterocycles. The molecule has 5 nitrogen and oxygen atoms in total. The third-order valence-electron chi connectivity index (χ3n) is 6.81. The van der Waals surface area contributed by atoms with Crippen LogP contribution in [0.5, 0.6) is 0 Å². The average Bonchev–Trinajstić information content (AvgIpc) is 3.30. The zero-order valence-corrected chi connectivity index (χ0v) is 20.5. The lowest BCUT2D eigenvalue weighted by molar-refractivity contribution is -0.114. The van der Waals surface area contributed by atoms with Crippen LogP contribution >= 0.6 is 0 Å². The molecule has 38 heavy (non-hydrogen) atoms. The molecule has 2 N–H and O–H groups in total. The van der Waals surface area contributed by atoms with Crippen LogP contribution in [0, 0.1) is 5.82 Å². The van der Waals surface area contributed by atoms with E-state index in [-0.39, 0.29) is 49.6 Å². The predicted octanol–water partition coefficient (Wildman–Crippen LogP) is 6.36. The van der Waals surface area contributed by atoms with Crippen molar-refractivity contribution in [2.45, 2.75) is 25.2 Å². The lowest BCUT2D eigenvalue weighted by Crippen LogP contribution is -2.42. The normalized spacial score (nSPS) is 15.0. The number of furan rings is 1. The lowest BCUT2D eigenvalue weighted by atomic mass is 9.96. The molecule has 8 heteroatoms. The van der Waals surface area contributed by atoms with Gasteiger partial charge >= 0.3 is 0 Å². The van der Waals surface area contributed by atoms with E-state index in [0.29, 0.717) is 16.9 Å². The molecule has 0 spiro atoms. The summed E-state index contributed by atoms with van der Waals surface area (Å²) in [4.78, 5) is 25.8. The van der Waals surface area contributed by atoms with E-state index in [2.05, 4.69) is 6.58 Å². The van der Waals surface area contributed by atoms with Crippen molar-refractivity contribution >= 4 is 22.8 Å². The largest absolute Gasteiger partial charge is 0.460 e. The summed E-state index contributed by atoms with van der Waals surface area (Å²) in [5, 5.41) is 0.767. The lowest BCUT2D eigenvalue weighted by Gasteiger charge is -2.31. The fourth-order valence-corrected chi connectivity index (χ4v) is 4.63. The highest BCUT2D eigenvalue weighted by molar-refractivity contribution is 5.98. The van der Waals surface area contributed by atoms with Crippen LogP contribution in [0.4, 0.5) is 13.2 Å². The number of likely N-dealkylation sites (tertiary alicyclic amines) is 1. The maximum atomic E-state index is 13.6. The summed E-state index contributed by atoms with van der Waals surface area (Å²) in [5.74, 6) is -3.46. The molecule has 2 amide bonds. The quantitative estimate of drug-likeness (QED) is 0.302. The predicted molar refractivity (Wildman–Crippen MR) is 139 cm³/mol. The Labute approximate surface area is 217 Å². The molecule has 5 rings (SSSR count). The second-order valence-electron chi connectivity index (χ2n) is 9.53. The van der Waals surface area contributed by atoms with Crippen molar-refractivity contribution in [1.29, 1.82) is 0 Å². The first-order chi connectivity index (χ1) is 18.1. The van der Waals surface area contributed by atoms with E-state index in [0.717, 1.165) is 27.6 Å². The van der Waals surface area contributed by atoms with Crippen molar-refractivity contribution in [3.63, 3.8) is 0 Å². The van der Waals surface area contributed by atoms with E-state index >= 15 is 0 Å². The van der Waals surface area contributed by atoms with Gasteiger partial charge in [0.1, 0.15) is 17.2 Å². The van der Waals surface area contributed by atoms with Gasteiger partial charge in [0.2, 0.25) is 5.91 Å². The van der Waals surface area contributed by atoms with Crippen molar-refractivity contribution in [3.05, 3.63) is 96.0 Å². The van der Waals surface area contributed by atoms with Gasteiger partial charge in [-0.15, -0.1) is 0 Å². The Hall–Kier alpha value is -4.33. The zero-order valence-electron chi connectivity index (χ0n) is 20.5. The number of hydrogen-bond acceptors (Lipinski definition) is 3. The van der Waals surface area contributed by atoms with Crippen LogP contribution in [-0.2, 0) is 11.2 Å². The van der Waals surface area contributed by atoms with Gasteiger partial charge in [-0.05, 0) is 59.2 Å². The number of alkyl halides is 2. The maximum absolute atomic E-state index is 13.6. The summed E-state index contributed by atoms with van der Waals surface area (Å²) in [6, 6.07) is 18.7. The molecule has 0 aliphatic carbocycles. The Balaban J connectivity index is 1.49. The molecule has 0 atom stereocenters. The SMILES string of the molecule is C=C(Cc1cc2cc(-c3ccc(C(=O)N4CCC(F)(F)CC4)cc3)cc(-c3ccc(F)cc3)c2o1)C(N)=O. The van der Waals surface area contributed by atoms with Gasteiger partial charge in [-0.1, -0.05) is 30.8 Å². The highest BCUT2D eigenvalue weighted by Crippen LogP contribution is 2.37. The Morgan fingerprint density at radius 2 is 1.55 bits per heavy atom. The number of primary amides is 1. The van der Waals surface area contributed by atoms with Crippen LogP contribution in [0.3, 0.4) is 0 Å². The molecule has 1 fully saturated rings. The van der Waals surface area contributed by atoms with Gasteiger partial charge in [-0.25, -0.2) is 13.2 Å². The number of rotatable bonds is 6. The van der Waals surface area contributed by atoms with Crippen molar-refractivity contribution in [2.75, 3.05) is 13.1 Å². The number of benzene rings is 3. The summed E-state index contributed by atoms with van der Waals surface area (Å²) in [6.07, 6.45) is -0.508.